The first-order chi connectivity index (χ1) is 21.3. The molecule has 0 unspecified atom stereocenters. The van der Waals surface area contributed by atoms with Crippen LogP contribution in [-0.2, 0) is 0 Å². The van der Waals surface area contributed by atoms with Crippen LogP contribution < -0.4 is 5.32 Å². The molecule has 43 heavy (non-hydrogen) atoms. The van der Waals surface area contributed by atoms with Crippen molar-refractivity contribution in [3.8, 4) is 33.4 Å². The molecule has 1 N–H and O–H groups in total. The van der Waals surface area contributed by atoms with Crippen molar-refractivity contribution >= 4 is 43.7 Å². The Labute approximate surface area is 251 Å². The van der Waals surface area contributed by atoms with Crippen molar-refractivity contribution < 1.29 is 0 Å². The first-order valence-electron chi connectivity index (χ1n) is 14.8. The monoisotopic (exact) mass is 547 g/mol. The van der Waals surface area contributed by atoms with E-state index < -0.39 is 0 Å². The molecular formula is C42H29N. The fraction of sp³-hybridized carbons (Fsp3) is 0. The van der Waals surface area contributed by atoms with Crippen molar-refractivity contribution in [3.63, 3.8) is 0 Å². The van der Waals surface area contributed by atoms with E-state index in [2.05, 4.69) is 175 Å². The summed E-state index contributed by atoms with van der Waals surface area (Å²) in [4.78, 5) is 0. The normalized spacial score (nSPS) is 11.3. The summed E-state index contributed by atoms with van der Waals surface area (Å²) >= 11 is 0. The molecule has 0 aromatic heterocycles. The zero-order valence-corrected chi connectivity index (χ0v) is 23.7. The first kappa shape index (κ1) is 25.1. The lowest BCUT2D eigenvalue weighted by atomic mass is 9.89. The average molecular weight is 548 g/mol. The maximum absolute atomic E-state index is 3.75. The SMILES string of the molecule is c1ccc(-c2ccc(Nc3cccc(-c4ccc5c6ccccc6c6ccccc6c5c4)c3-c3ccccc3)cc2)cc1. The zero-order chi connectivity index (χ0) is 28.6. The molecule has 0 bridgehead atoms. The fourth-order valence-electron chi connectivity index (χ4n) is 6.42. The molecule has 202 valence electrons. The van der Waals surface area contributed by atoms with E-state index in [0.717, 1.165) is 11.4 Å². The van der Waals surface area contributed by atoms with E-state index in [-0.39, 0.29) is 0 Å². The maximum atomic E-state index is 3.75. The molecule has 1 heteroatoms. The van der Waals surface area contributed by atoms with Gasteiger partial charge in [0.25, 0.3) is 0 Å². The minimum Gasteiger partial charge on any atom is -0.355 e. The third-order valence-electron chi connectivity index (χ3n) is 8.45. The lowest BCUT2D eigenvalue weighted by Crippen LogP contribution is -1.96. The van der Waals surface area contributed by atoms with Gasteiger partial charge >= 0.3 is 0 Å². The Balaban J connectivity index is 1.29. The summed E-state index contributed by atoms with van der Waals surface area (Å²) in [6, 6.07) is 61.0. The van der Waals surface area contributed by atoms with Gasteiger partial charge in [-0.1, -0.05) is 146 Å². The van der Waals surface area contributed by atoms with Crippen molar-refractivity contribution in [2.75, 3.05) is 5.32 Å². The summed E-state index contributed by atoms with van der Waals surface area (Å²) in [7, 11) is 0. The van der Waals surface area contributed by atoms with Gasteiger partial charge in [0.05, 0.1) is 0 Å². The predicted octanol–water partition coefficient (Wildman–Crippen LogP) is 11.9. The molecule has 8 rings (SSSR count). The molecule has 0 aliphatic carbocycles. The highest BCUT2D eigenvalue weighted by Gasteiger charge is 2.15. The number of fused-ring (bicyclic) bond motifs is 6. The zero-order valence-electron chi connectivity index (χ0n) is 23.7. The number of nitrogens with one attached hydrogen (secondary N) is 1. The van der Waals surface area contributed by atoms with Crippen molar-refractivity contribution in [1.29, 1.82) is 0 Å². The van der Waals surface area contributed by atoms with E-state index in [0.29, 0.717) is 0 Å². The van der Waals surface area contributed by atoms with E-state index in [1.165, 1.54) is 65.7 Å². The number of hydrogen-bond acceptors (Lipinski definition) is 1. The molecule has 0 fully saturated rings. The molecule has 8 aromatic rings. The second-order valence-electron chi connectivity index (χ2n) is 11.0. The summed E-state index contributed by atoms with van der Waals surface area (Å²) in [5, 5.41) is 11.5. The third-order valence-corrected chi connectivity index (χ3v) is 8.45. The molecule has 0 aliphatic rings. The van der Waals surface area contributed by atoms with Gasteiger partial charge in [0.15, 0.2) is 0 Å². The molecule has 0 radical (unpaired) electrons. The van der Waals surface area contributed by atoms with Crippen molar-refractivity contribution in [1.82, 2.24) is 0 Å². The van der Waals surface area contributed by atoms with Crippen molar-refractivity contribution in [2.45, 2.75) is 0 Å². The molecule has 0 aliphatic heterocycles. The van der Waals surface area contributed by atoms with Crippen molar-refractivity contribution in [3.05, 3.63) is 170 Å². The van der Waals surface area contributed by atoms with Crippen LogP contribution in [0.15, 0.2) is 170 Å². The Hall–Kier alpha value is -5.66. The van der Waals surface area contributed by atoms with Crippen LogP contribution in [0.2, 0.25) is 0 Å². The fourth-order valence-corrected chi connectivity index (χ4v) is 6.42. The van der Waals surface area contributed by atoms with E-state index in [1.54, 1.807) is 0 Å². The molecule has 0 saturated heterocycles. The van der Waals surface area contributed by atoms with E-state index in [4.69, 9.17) is 0 Å². The van der Waals surface area contributed by atoms with Gasteiger partial charge in [-0.05, 0) is 84.4 Å². The van der Waals surface area contributed by atoms with Gasteiger partial charge in [-0.15, -0.1) is 0 Å². The molecule has 0 saturated carbocycles. The Morgan fingerprint density at radius 2 is 0.791 bits per heavy atom. The third kappa shape index (κ3) is 4.52. The van der Waals surface area contributed by atoms with Crippen LogP contribution in [0.4, 0.5) is 11.4 Å². The second kappa shape index (κ2) is 10.6. The minimum atomic E-state index is 1.06. The Kier molecular flexibility index (Phi) is 6.20. The molecular weight excluding hydrogens is 518 g/mol. The van der Waals surface area contributed by atoms with Gasteiger partial charge in [0, 0.05) is 16.9 Å². The lowest BCUT2D eigenvalue weighted by molar-refractivity contribution is 1.52. The standard InChI is InChI=1S/C42H29N/c1-3-12-29(13-4-1)30-22-25-33(26-23-30)43-41-21-11-20-34(42(41)31-14-5-2-6-15-31)32-24-27-39-37-18-8-7-16-35(37)36-17-9-10-19-38(36)40(39)28-32/h1-28,43H. The van der Waals surface area contributed by atoms with Crippen LogP contribution in [0.3, 0.4) is 0 Å². The topological polar surface area (TPSA) is 12.0 Å². The van der Waals surface area contributed by atoms with Gasteiger partial charge in [-0.2, -0.15) is 0 Å². The number of benzene rings is 8. The Bertz CT molecular complexity index is 2200. The molecule has 0 atom stereocenters. The lowest BCUT2D eigenvalue weighted by Gasteiger charge is -2.18. The maximum Gasteiger partial charge on any atom is 0.0470 e. The Morgan fingerprint density at radius 1 is 0.302 bits per heavy atom. The van der Waals surface area contributed by atoms with Gasteiger partial charge in [0.1, 0.15) is 0 Å². The summed E-state index contributed by atoms with van der Waals surface area (Å²) in [6.45, 7) is 0. The van der Waals surface area contributed by atoms with E-state index >= 15 is 0 Å². The summed E-state index contributed by atoms with van der Waals surface area (Å²) in [5.41, 5.74) is 9.36. The highest BCUT2D eigenvalue weighted by molar-refractivity contribution is 6.25. The minimum absolute atomic E-state index is 1.06. The van der Waals surface area contributed by atoms with Crippen LogP contribution in [0.1, 0.15) is 0 Å². The second-order valence-corrected chi connectivity index (χ2v) is 11.0. The van der Waals surface area contributed by atoms with E-state index in [9.17, 15) is 0 Å². The van der Waals surface area contributed by atoms with E-state index in [1.807, 2.05) is 0 Å². The highest BCUT2D eigenvalue weighted by atomic mass is 14.9. The van der Waals surface area contributed by atoms with Crippen LogP contribution in [-0.4, -0.2) is 0 Å². The molecule has 1 nitrogen and oxygen atoms in total. The number of hydrogen-bond donors (Lipinski definition) is 1. The largest absolute Gasteiger partial charge is 0.355 e. The summed E-state index contributed by atoms with van der Waals surface area (Å²) < 4.78 is 0. The summed E-state index contributed by atoms with van der Waals surface area (Å²) in [5.74, 6) is 0. The average Bonchev–Trinajstić information content (AvgIpc) is 3.09. The first-order valence-corrected chi connectivity index (χ1v) is 14.8. The smallest absolute Gasteiger partial charge is 0.0470 e. The molecule has 8 aromatic carbocycles. The quantitative estimate of drug-likeness (QED) is 0.211. The van der Waals surface area contributed by atoms with Crippen LogP contribution in [0.25, 0.3) is 65.7 Å². The van der Waals surface area contributed by atoms with Crippen LogP contribution in [0, 0.1) is 0 Å². The van der Waals surface area contributed by atoms with Gasteiger partial charge in [-0.25, -0.2) is 0 Å². The van der Waals surface area contributed by atoms with Gasteiger partial charge in [-0.3, -0.25) is 0 Å². The van der Waals surface area contributed by atoms with Crippen LogP contribution in [0.5, 0.6) is 0 Å². The number of anilines is 2. The molecule has 0 heterocycles. The highest BCUT2D eigenvalue weighted by Crippen LogP contribution is 2.42. The van der Waals surface area contributed by atoms with Crippen LogP contribution >= 0.6 is 0 Å². The van der Waals surface area contributed by atoms with Gasteiger partial charge in [0.2, 0.25) is 0 Å². The predicted molar refractivity (Wildman–Crippen MR) is 185 cm³/mol. The van der Waals surface area contributed by atoms with Crippen molar-refractivity contribution in [2.24, 2.45) is 0 Å². The summed E-state index contributed by atoms with van der Waals surface area (Å²) in [6.07, 6.45) is 0. The Morgan fingerprint density at radius 3 is 1.42 bits per heavy atom. The molecule has 0 spiro atoms. The van der Waals surface area contributed by atoms with Gasteiger partial charge < -0.3 is 5.32 Å². The number of rotatable bonds is 5. The molecule has 0 amide bonds.